The molecule has 0 aliphatic carbocycles. The van der Waals surface area contributed by atoms with Gasteiger partial charge < -0.3 is 0 Å². The molecule has 0 aromatic heterocycles. The Balaban J connectivity index is 3.83. The van der Waals surface area contributed by atoms with Gasteiger partial charge in [-0.1, -0.05) is 0 Å². The van der Waals surface area contributed by atoms with Crippen LogP contribution in [-0.4, -0.2) is 0 Å². The smallest absolute Gasteiger partial charge is 0.206 e. The van der Waals surface area contributed by atoms with Crippen molar-refractivity contribution in [2.75, 3.05) is 0 Å². The van der Waals surface area contributed by atoms with Gasteiger partial charge in [-0.15, -0.1) is 0 Å². The molecule has 0 radical (unpaired) electrons. The Kier molecular flexibility index (Phi) is 3.35. The molecule has 0 saturated carbocycles. The highest BCUT2D eigenvalue weighted by atomic mass is 19.4. The number of rotatable bonds is 0. The van der Waals surface area contributed by atoms with Crippen molar-refractivity contribution in [3.05, 3.63) is 33.9 Å². The van der Waals surface area contributed by atoms with E-state index in [0.717, 1.165) is 0 Å². The predicted molar refractivity (Wildman–Crippen MR) is 45.8 cm³/mol. The fourth-order valence-electron chi connectivity index (χ4n) is 1.60. The summed E-state index contributed by atoms with van der Waals surface area (Å²) in [6.07, 6.45) is -10.7. The quantitative estimate of drug-likeness (QED) is 0.607. The fraction of sp³-hybridized carbons (Fsp3) is 0.400. The molecule has 18 heavy (non-hydrogen) atoms. The number of hydrogen-bond donors (Lipinski definition) is 0. The van der Waals surface area contributed by atoms with Gasteiger partial charge in [-0.25, -0.2) is 8.78 Å². The molecule has 0 amide bonds. The van der Waals surface area contributed by atoms with Crippen LogP contribution in [0.5, 0.6) is 0 Å². The van der Waals surface area contributed by atoms with E-state index in [4.69, 9.17) is 0 Å². The number of halogens is 8. The van der Waals surface area contributed by atoms with Gasteiger partial charge in [-0.3, -0.25) is 0 Å². The van der Waals surface area contributed by atoms with Crippen LogP contribution in [0.4, 0.5) is 35.1 Å². The molecule has 0 aliphatic heterocycles. The molecule has 102 valence electrons. The highest BCUT2D eigenvalue weighted by Gasteiger charge is 2.45. The zero-order chi connectivity index (χ0) is 14.5. The maximum absolute atomic E-state index is 13.3. The summed E-state index contributed by atoms with van der Waals surface area (Å²) in [6.45, 7) is 0.909. The van der Waals surface area contributed by atoms with E-state index < -0.39 is 46.2 Å². The molecule has 1 aromatic rings. The first kappa shape index (κ1) is 14.7. The van der Waals surface area contributed by atoms with Gasteiger partial charge in [0.1, 0.15) is 11.6 Å². The van der Waals surface area contributed by atoms with Crippen LogP contribution in [0.1, 0.15) is 22.3 Å². The molecular weight excluding hydrogens is 272 g/mol. The fourth-order valence-corrected chi connectivity index (χ4v) is 1.60. The van der Waals surface area contributed by atoms with Gasteiger partial charge in [-0.2, -0.15) is 26.3 Å². The molecule has 0 atom stereocenters. The Morgan fingerprint density at radius 3 is 1.11 bits per heavy atom. The van der Waals surface area contributed by atoms with Crippen molar-refractivity contribution >= 4 is 0 Å². The van der Waals surface area contributed by atoms with Crippen molar-refractivity contribution in [3.63, 3.8) is 0 Å². The Morgan fingerprint density at radius 1 is 0.611 bits per heavy atom. The molecule has 0 spiro atoms. The van der Waals surface area contributed by atoms with Crippen LogP contribution in [0.25, 0.3) is 0 Å². The molecular formula is C10H6F8. The van der Waals surface area contributed by atoms with Gasteiger partial charge in [-0.05, 0) is 19.4 Å². The Hall–Kier alpha value is -1.34. The minimum Gasteiger partial charge on any atom is -0.206 e. The molecule has 0 N–H and O–H groups in total. The van der Waals surface area contributed by atoms with Crippen molar-refractivity contribution in [2.45, 2.75) is 26.2 Å². The van der Waals surface area contributed by atoms with Crippen molar-refractivity contribution in [1.82, 2.24) is 0 Å². The normalized spacial score (nSPS) is 13.0. The lowest BCUT2D eigenvalue weighted by Crippen LogP contribution is -2.20. The average Bonchev–Trinajstić information content (AvgIpc) is 2.09. The number of benzene rings is 1. The van der Waals surface area contributed by atoms with E-state index in [2.05, 4.69) is 0 Å². The maximum Gasteiger partial charge on any atom is 0.419 e. The van der Waals surface area contributed by atoms with Gasteiger partial charge >= 0.3 is 12.4 Å². The van der Waals surface area contributed by atoms with Crippen molar-refractivity contribution in [3.8, 4) is 0 Å². The molecule has 1 aromatic carbocycles. The summed E-state index contributed by atoms with van der Waals surface area (Å²) in [6, 6.07) is 0. The summed E-state index contributed by atoms with van der Waals surface area (Å²) in [5.41, 5.74) is -6.99. The maximum atomic E-state index is 13.3. The monoisotopic (exact) mass is 278 g/mol. The second kappa shape index (κ2) is 4.10. The van der Waals surface area contributed by atoms with Crippen molar-refractivity contribution < 1.29 is 35.1 Å². The van der Waals surface area contributed by atoms with Crippen LogP contribution < -0.4 is 0 Å². The molecule has 0 fully saturated rings. The topological polar surface area (TPSA) is 0 Å². The second-order valence-corrected chi connectivity index (χ2v) is 3.62. The lowest BCUT2D eigenvalue weighted by molar-refractivity contribution is -0.147. The molecule has 0 nitrogen and oxygen atoms in total. The summed E-state index contributed by atoms with van der Waals surface area (Å²) in [7, 11) is 0. The SMILES string of the molecule is Cc1c(F)c(C(F)(F)F)c(C)c(C(F)(F)F)c1F. The molecule has 0 saturated heterocycles. The van der Waals surface area contributed by atoms with Crippen LogP contribution in [0, 0.1) is 25.5 Å². The molecule has 1 rings (SSSR count). The summed E-state index contributed by atoms with van der Waals surface area (Å²) in [4.78, 5) is 0. The highest BCUT2D eigenvalue weighted by Crippen LogP contribution is 2.43. The first-order valence-electron chi connectivity index (χ1n) is 4.51. The van der Waals surface area contributed by atoms with Crippen LogP contribution in [-0.2, 0) is 12.4 Å². The summed E-state index contributed by atoms with van der Waals surface area (Å²) < 4.78 is 101. The summed E-state index contributed by atoms with van der Waals surface area (Å²) in [5, 5.41) is 0. The Labute approximate surface area is 96.2 Å². The van der Waals surface area contributed by atoms with Gasteiger partial charge in [0.2, 0.25) is 0 Å². The number of hydrogen-bond acceptors (Lipinski definition) is 0. The lowest BCUT2D eigenvalue weighted by atomic mass is 9.96. The van der Waals surface area contributed by atoms with E-state index in [1.54, 1.807) is 0 Å². The van der Waals surface area contributed by atoms with Gasteiger partial charge in [0.15, 0.2) is 0 Å². The van der Waals surface area contributed by atoms with Crippen molar-refractivity contribution in [2.24, 2.45) is 0 Å². The lowest BCUT2D eigenvalue weighted by Gasteiger charge is -2.19. The second-order valence-electron chi connectivity index (χ2n) is 3.62. The summed E-state index contributed by atoms with van der Waals surface area (Å²) in [5.74, 6) is -4.05. The molecule has 0 aliphatic rings. The minimum atomic E-state index is -5.33. The van der Waals surface area contributed by atoms with Crippen LogP contribution in [0.3, 0.4) is 0 Å². The van der Waals surface area contributed by atoms with E-state index in [9.17, 15) is 35.1 Å². The average molecular weight is 278 g/mol. The van der Waals surface area contributed by atoms with Gasteiger partial charge in [0.05, 0.1) is 11.1 Å². The minimum absolute atomic E-state index is 0.386. The number of alkyl halides is 6. The molecule has 0 heterocycles. The van der Waals surface area contributed by atoms with E-state index >= 15 is 0 Å². The third-order valence-corrected chi connectivity index (χ3v) is 2.41. The van der Waals surface area contributed by atoms with Crippen LogP contribution >= 0.6 is 0 Å². The zero-order valence-corrected chi connectivity index (χ0v) is 9.02. The Bertz CT molecular complexity index is 439. The third-order valence-electron chi connectivity index (χ3n) is 2.41. The molecule has 0 unspecified atom stereocenters. The van der Waals surface area contributed by atoms with E-state index in [0.29, 0.717) is 13.8 Å². The largest absolute Gasteiger partial charge is 0.419 e. The molecule has 8 heteroatoms. The predicted octanol–water partition coefficient (Wildman–Crippen LogP) is 4.62. The zero-order valence-electron chi connectivity index (χ0n) is 9.02. The van der Waals surface area contributed by atoms with E-state index in [1.165, 1.54) is 0 Å². The van der Waals surface area contributed by atoms with Crippen molar-refractivity contribution in [1.29, 1.82) is 0 Å². The highest BCUT2D eigenvalue weighted by molar-refractivity contribution is 5.43. The Morgan fingerprint density at radius 2 is 0.889 bits per heavy atom. The van der Waals surface area contributed by atoms with E-state index in [1.807, 2.05) is 0 Å². The van der Waals surface area contributed by atoms with Crippen LogP contribution in [0.15, 0.2) is 0 Å². The van der Waals surface area contributed by atoms with Crippen LogP contribution in [0.2, 0.25) is 0 Å². The molecule has 0 bridgehead atoms. The standard InChI is InChI=1S/C10H6F8/c1-3-5(9(13,14)15)7(11)4(2)8(12)6(3)10(16,17)18/h1-2H3. The van der Waals surface area contributed by atoms with Gasteiger partial charge in [0.25, 0.3) is 0 Å². The third kappa shape index (κ3) is 2.28. The first-order valence-corrected chi connectivity index (χ1v) is 4.51. The van der Waals surface area contributed by atoms with E-state index in [-0.39, 0.29) is 0 Å². The summed E-state index contributed by atoms with van der Waals surface area (Å²) >= 11 is 0. The first-order chi connectivity index (χ1) is 7.89. The van der Waals surface area contributed by atoms with Gasteiger partial charge in [0, 0.05) is 5.56 Å².